The van der Waals surface area contributed by atoms with E-state index < -0.39 is 11.9 Å². The molecule has 1 N–H and O–H groups in total. The average Bonchev–Trinajstić information content (AvgIpc) is 3.00. The van der Waals surface area contributed by atoms with E-state index in [1.807, 2.05) is 42.5 Å². The fourth-order valence-corrected chi connectivity index (χ4v) is 3.49. The zero-order valence-electron chi connectivity index (χ0n) is 15.2. The molecule has 0 fully saturated rings. The molecule has 4 rings (SSSR count). The molecule has 1 aliphatic heterocycles. The maximum atomic E-state index is 13.4. The number of halogens is 1. The van der Waals surface area contributed by atoms with Gasteiger partial charge in [-0.2, -0.15) is 0 Å². The van der Waals surface area contributed by atoms with Crippen LogP contribution in [0.5, 0.6) is 5.75 Å². The van der Waals surface area contributed by atoms with E-state index in [0.29, 0.717) is 22.6 Å². The lowest BCUT2D eigenvalue weighted by Crippen LogP contribution is -2.30. The molecule has 0 radical (unpaired) electrons. The summed E-state index contributed by atoms with van der Waals surface area (Å²) in [5, 5.41) is 10.7. The molecule has 140 valence electrons. The first-order valence-corrected chi connectivity index (χ1v) is 8.82. The third kappa shape index (κ3) is 3.01. The molecule has 1 atom stereocenters. The van der Waals surface area contributed by atoms with Gasteiger partial charge in [0.15, 0.2) is 5.76 Å². The zero-order chi connectivity index (χ0) is 19.7. The molecule has 0 saturated carbocycles. The lowest BCUT2D eigenvalue weighted by atomic mass is 9.93. The second kappa shape index (κ2) is 7.19. The van der Waals surface area contributed by atoms with Crippen molar-refractivity contribution in [2.75, 3.05) is 12.0 Å². The summed E-state index contributed by atoms with van der Waals surface area (Å²) in [4.78, 5) is 14.5. The molecule has 0 aromatic heterocycles. The Morgan fingerprint density at radius 1 is 0.929 bits per heavy atom. The number of hydrogen-bond donors (Lipinski definition) is 1. The number of hydrogen-bond acceptors (Lipinski definition) is 3. The van der Waals surface area contributed by atoms with Crippen molar-refractivity contribution >= 4 is 17.2 Å². The van der Waals surface area contributed by atoms with Crippen LogP contribution in [0.25, 0.3) is 5.57 Å². The number of carbonyl (C=O) groups excluding carboxylic acids is 1. The maximum Gasteiger partial charge on any atom is 0.294 e. The lowest BCUT2D eigenvalue weighted by Gasteiger charge is -2.27. The fourth-order valence-electron chi connectivity index (χ4n) is 3.49. The zero-order valence-corrected chi connectivity index (χ0v) is 15.2. The molecule has 3 aromatic carbocycles. The van der Waals surface area contributed by atoms with E-state index in [9.17, 15) is 14.3 Å². The van der Waals surface area contributed by atoms with Crippen LogP contribution in [0.15, 0.2) is 84.6 Å². The van der Waals surface area contributed by atoms with Crippen molar-refractivity contribution in [1.82, 2.24) is 0 Å². The van der Waals surface area contributed by atoms with Crippen LogP contribution in [0, 0.1) is 5.82 Å². The van der Waals surface area contributed by atoms with Crippen molar-refractivity contribution in [3.05, 3.63) is 102 Å². The Morgan fingerprint density at radius 3 is 2.18 bits per heavy atom. The van der Waals surface area contributed by atoms with Crippen LogP contribution in [0.1, 0.15) is 17.2 Å². The van der Waals surface area contributed by atoms with Crippen LogP contribution in [0.4, 0.5) is 10.1 Å². The summed E-state index contributed by atoms with van der Waals surface area (Å²) in [5.41, 5.74) is 2.57. The van der Waals surface area contributed by atoms with Gasteiger partial charge in [-0.05, 0) is 47.5 Å². The molecule has 5 heteroatoms. The minimum absolute atomic E-state index is 0.316. The van der Waals surface area contributed by atoms with Crippen molar-refractivity contribution < 1.29 is 19.0 Å². The van der Waals surface area contributed by atoms with Gasteiger partial charge in [-0.3, -0.25) is 9.69 Å². The van der Waals surface area contributed by atoms with Crippen molar-refractivity contribution in [3.63, 3.8) is 0 Å². The van der Waals surface area contributed by atoms with Crippen molar-refractivity contribution in [3.8, 4) is 5.75 Å². The van der Waals surface area contributed by atoms with Crippen molar-refractivity contribution in [2.45, 2.75) is 6.04 Å². The summed E-state index contributed by atoms with van der Waals surface area (Å²) < 4.78 is 18.6. The molecule has 3 aromatic rings. The normalized spacial score (nSPS) is 16.6. The quantitative estimate of drug-likeness (QED) is 0.706. The van der Waals surface area contributed by atoms with E-state index in [1.165, 1.54) is 29.2 Å². The third-order valence-corrected chi connectivity index (χ3v) is 4.83. The summed E-state index contributed by atoms with van der Waals surface area (Å²) >= 11 is 0. The van der Waals surface area contributed by atoms with Gasteiger partial charge in [-0.15, -0.1) is 0 Å². The standard InChI is InChI=1S/C23H18FNO3/c1-28-19-13-7-15(8-14-19)20-21(16-5-3-2-4-6-16)25(23(27)22(20)26)18-11-9-17(24)10-12-18/h2-14,21,26H,1H3/t21-/m1/s1. The number of benzene rings is 3. The van der Waals surface area contributed by atoms with Gasteiger partial charge in [-0.25, -0.2) is 4.39 Å². The van der Waals surface area contributed by atoms with Crippen molar-refractivity contribution in [2.24, 2.45) is 0 Å². The monoisotopic (exact) mass is 375 g/mol. The van der Waals surface area contributed by atoms with Crippen molar-refractivity contribution in [1.29, 1.82) is 0 Å². The number of carbonyl (C=O) groups is 1. The van der Waals surface area contributed by atoms with Gasteiger partial charge in [0.2, 0.25) is 0 Å². The largest absolute Gasteiger partial charge is 0.503 e. The van der Waals surface area contributed by atoms with Gasteiger partial charge in [0.05, 0.1) is 13.2 Å². The summed E-state index contributed by atoms with van der Waals surface area (Å²) in [7, 11) is 1.58. The van der Waals surface area contributed by atoms with Gasteiger partial charge in [0.1, 0.15) is 11.6 Å². The highest BCUT2D eigenvalue weighted by Gasteiger charge is 2.41. The van der Waals surface area contributed by atoms with E-state index in [2.05, 4.69) is 0 Å². The molecular formula is C23H18FNO3. The Bertz CT molecular complexity index is 1030. The summed E-state index contributed by atoms with van der Waals surface area (Å²) in [6.07, 6.45) is 0. The van der Waals surface area contributed by atoms with Crippen LogP contribution in [-0.4, -0.2) is 18.1 Å². The highest BCUT2D eigenvalue weighted by atomic mass is 19.1. The topological polar surface area (TPSA) is 49.8 Å². The SMILES string of the molecule is COc1ccc(C2=C(O)C(=O)N(c3ccc(F)cc3)[C@@H]2c2ccccc2)cc1. The second-order valence-electron chi connectivity index (χ2n) is 6.46. The Balaban J connectivity index is 1.87. The van der Waals surface area contributed by atoms with E-state index in [0.717, 1.165) is 5.56 Å². The maximum absolute atomic E-state index is 13.4. The third-order valence-electron chi connectivity index (χ3n) is 4.83. The molecule has 0 saturated heterocycles. The summed E-state index contributed by atoms with van der Waals surface area (Å²) in [5.74, 6) is -0.548. The molecule has 0 aliphatic carbocycles. The number of anilines is 1. The Labute approximate surface area is 162 Å². The number of aliphatic hydroxyl groups is 1. The van der Waals surface area contributed by atoms with Gasteiger partial charge < -0.3 is 9.84 Å². The predicted octanol–water partition coefficient (Wildman–Crippen LogP) is 4.89. The Hall–Kier alpha value is -3.60. The summed E-state index contributed by atoms with van der Waals surface area (Å²) in [6.45, 7) is 0. The molecule has 1 aliphatic rings. The van der Waals surface area contributed by atoms with E-state index >= 15 is 0 Å². The van der Waals surface area contributed by atoms with Gasteiger partial charge in [0.25, 0.3) is 5.91 Å². The first-order chi connectivity index (χ1) is 13.6. The smallest absolute Gasteiger partial charge is 0.294 e. The molecule has 28 heavy (non-hydrogen) atoms. The minimum atomic E-state index is -0.535. The average molecular weight is 375 g/mol. The molecule has 1 amide bonds. The molecule has 0 bridgehead atoms. The van der Waals surface area contributed by atoms with E-state index in [1.54, 1.807) is 19.2 Å². The van der Waals surface area contributed by atoms with Gasteiger partial charge in [-0.1, -0.05) is 42.5 Å². The number of rotatable bonds is 4. The van der Waals surface area contributed by atoms with Crippen LogP contribution in [0.2, 0.25) is 0 Å². The highest BCUT2D eigenvalue weighted by Crippen LogP contribution is 2.45. The van der Waals surface area contributed by atoms with Crippen LogP contribution in [0.3, 0.4) is 0 Å². The molecule has 0 spiro atoms. The fraction of sp³-hybridized carbons (Fsp3) is 0.0870. The van der Waals surface area contributed by atoms with Crippen LogP contribution < -0.4 is 9.64 Å². The van der Waals surface area contributed by atoms with E-state index in [4.69, 9.17) is 4.74 Å². The molecule has 0 unspecified atom stereocenters. The number of nitrogens with zero attached hydrogens (tertiary/aromatic N) is 1. The Morgan fingerprint density at radius 2 is 1.57 bits per heavy atom. The lowest BCUT2D eigenvalue weighted by molar-refractivity contribution is -0.117. The Kier molecular flexibility index (Phi) is 4.57. The predicted molar refractivity (Wildman–Crippen MR) is 106 cm³/mol. The minimum Gasteiger partial charge on any atom is -0.503 e. The van der Waals surface area contributed by atoms with Gasteiger partial charge in [0, 0.05) is 11.3 Å². The summed E-state index contributed by atoms with van der Waals surface area (Å²) in [6, 6.07) is 21.8. The molecular weight excluding hydrogens is 357 g/mol. The molecule has 1 heterocycles. The number of amides is 1. The second-order valence-corrected chi connectivity index (χ2v) is 6.46. The number of methoxy groups -OCH3 is 1. The van der Waals surface area contributed by atoms with E-state index in [-0.39, 0.29) is 11.6 Å². The number of ether oxygens (including phenoxy) is 1. The van der Waals surface area contributed by atoms with Crippen LogP contribution in [-0.2, 0) is 4.79 Å². The highest BCUT2D eigenvalue weighted by molar-refractivity contribution is 6.15. The molecule has 4 nitrogen and oxygen atoms in total. The first kappa shape index (κ1) is 17.8. The van der Waals surface area contributed by atoms with Crippen LogP contribution >= 0.6 is 0 Å². The first-order valence-electron chi connectivity index (χ1n) is 8.82. The number of aliphatic hydroxyl groups excluding tert-OH is 1. The van der Waals surface area contributed by atoms with Gasteiger partial charge >= 0.3 is 0 Å².